The Balaban J connectivity index is 1.46. The van der Waals surface area contributed by atoms with Gasteiger partial charge in [-0.3, -0.25) is 9.48 Å². The fourth-order valence-electron chi connectivity index (χ4n) is 4.56. The van der Waals surface area contributed by atoms with Crippen LogP contribution in [0, 0.1) is 11.8 Å². The van der Waals surface area contributed by atoms with Gasteiger partial charge in [0.05, 0.1) is 23.7 Å². The van der Waals surface area contributed by atoms with Crippen molar-refractivity contribution in [2.45, 2.75) is 0 Å². The highest BCUT2D eigenvalue weighted by Gasteiger charge is 2.42. The van der Waals surface area contributed by atoms with Crippen molar-refractivity contribution in [2.75, 3.05) is 43.5 Å². The molecular formula is C20H23ClN8O2. The van der Waals surface area contributed by atoms with Gasteiger partial charge in [0.15, 0.2) is 0 Å². The largest absolute Gasteiger partial charge is 0.478 e. The molecule has 5 rings (SSSR count). The molecule has 2 saturated heterocycles. The average Bonchev–Trinajstić information content (AvgIpc) is 3.50. The van der Waals surface area contributed by atoms with E-state index < -0.39 is 0 Å². The van der Waals surface area contributed by atoms with Crippen LogP contribution in [0.5, 0.6) is 5.88 Å². The summed E-state index contributed by atoms with van der Waals surface area (Å²) in [5.74, 6) is 2.43. The molecule has 2 fully saturated rings. The maximum atomic E-state index is 12.0. The third kappa shape index (κ3) is 3.36. The van der Waals surface area contributed by atoms with Gasteiger partial charge in [0.25, 0.3) is 5.88 Å². The molecule has 2 unspecified atom stereocenters. The lowest BCUT2D eigenvalue weighted by molar-refractivity contribution is -0.125. The van der Waals surface area contributed by atoms with Crippen LogP contribution in [-0.2, 0) is 11.8 Å². The highest BCUT2D eigenvalue weighted by Crippen LogP contribution is 2.38. The summed E-state index contributed by atoms with van der Waals surface area (Å²) in [6.45, 7) is 6.67. The molecule has 0 aromatic carbocycles. The second-order valence-corrected chi connectivity index (χ2v) is 8.36. The molecule has 11 heteroatoms. The molecular weight excluding hydrogens is 420 g/mol. The van der Waals surface area contributed by atoms with Crippen molar-refractivity contribution in [3.05, 3.63) is 30.1 Å². The zero-order valence-corrected chi connectivity index (χ0v) is 18.1. The zero-order chi connectivity index (χ0) is 21.7. The summed E-state index contributed by atoms with van der Waals surface area (Å²) in [7, 11) is 3.38. The van der Waals surface area contributed by atoms with Crippen molar-refractivity contribution in [3.8, 4) is 5.88 Å². The van der Waals surface area contributed by atoms with Gasteiger partial charge in [-0.2, -0.15) is 9.97 Å². The maximum Gasteiger partial charge on any atom is 0.256 e. The third-order valence-electron chi connectivity index (χ3n) is 5.97. The number of likely N-dealkylation sites (tertiary alicyclic amines) is 1. The van der Waals surface area contributed by atoms with E-state index in [4.69, 9.17) is 21.3 Å². The van der Waals surface area contributed by atoms with Crippen LogP contribution in [0.1, 0.15) is 0 Å². The first-order valence-electron chi connectivity index (χ1n) is 10.0. The number of ether oxygens (including phenoxy) is 1. The number of H-pyrrole nitrogens is 1. The number of aromatic nitrogens is 5. The number of nitrogens with zero attached hydrogens (tertiary/aromatic N) is 6. The smallest absolute Gasteiger partial charge is 0.256 e. The number of methoxy groups -OCH3 is 1. The number of carbonyl (C=O) groups is 1. The predicted octanol–water partition coefficient (Wildman–Crippen LogP) is 2.18. The SMILES string of the molecule is C=CC(=O)N1CC2CN(c3nc(Nc4cn(C)nc4OC)nc4[nH]cc(Cl)c34)CC2C1. The molecule has 31 heavy (non-hydrogen) atoms. The molecule has 2 atom stereocenters. The molecule has 3 aromatic rings. The van der Waals surface area contributed by atoms with Crippen LogP contribution in [-0.4, -0.2) is 68.8 Å². The van der Waals surface area contributed by atoms with Gasteiger partial charge in [-0.15, -0.1) is 5.10 Å². The number of hydrogen-bond acceptors (Lipinski definition) is 7. The minimum absolute atomic E-state index is 0.00374. The average molecular weight is 443 g/mol. The number of hydrogen-bond donors (Lipinski definition) is 2. The number of aromatic amines is 1. The summed E-state index contributed by atoms with van der Waals surface area (Å²) in [5, 5.41) is 8.84. The van der Waals surface area contributed by atoms with Crippen LogP contribution in [0.2, 0.25) is 5.02 Å². The second kappa shape index (κ2) is 7.45. The lowest BCUT2D eigenvalue weighted by atomic mass is 10.0. The number of nitrogens with one attached hydrogen (secondary N) is 2. The number of anilines is 3. The number of aryl methyl sites for hydroxylation is 1. The van der Waals surface area contributed by atoms with E-state index in [1.165, 1.54) is 6.08 Å². The van der Waals surface area contributed by atoms with Gasteiger partial charge >= 0.3 is 0 Å². The first-order chi connectivity index (χ1) is 15.0. The molecule has 2 N–H and O–H groups in total. The van der Waals surface area contributed by atoms with E-state index in [-0.39, 0.29) is 5.91 Å². The number of halogens is 1. The quantitative estimate of drug-likeness (QED) is 0.583. The Morgan fingerprint density at radius 1 is 1.32 bits per heavy atom. The Morgan fingerprint density at radius 2 is 2.06 bits per heavy atom. The van der Waals surface area contributed by atoms with E-state index >= 15 is 0 Å². The summed E-state index contributed by atoms with van der Waals surface area (Å²) < 4.78 is 6.98. The van der Waals surface area contributed by atoms with Crippen molar-refractivity contribution < 1.29 is 9.53 Å². The Kier molecular flexibility index (Phi) is 4.73. The van der Waals surface area contributed by atoms with E-state index in [2.05, 4.69) is 31.9 Å². The van der Waals surface area contributed by atoms with E-state index in [0.29, 0.717) is 40.0 Å². The van der Waals surface area contributed by atoms with Gasteiger partial charge in [0, 0.05) is 51.3 Å². The summed E-state index contributed by atoms with van der Waals surface area (Å²) in [4.78, 5) is 28.6. The van der Waals surface area contributed by atoms with E-state index in [1.54, 1.807) is 24.2 Å². The molecule has 5 heterocycles. The van der Waals surface area contributed by atoms with Crippen molar-refractivity contribution in [1.82, 2.24) is 29.6 Å². The van der Waals surface area contributed by atoms with Crippen molar-refractivity contribution in [3.63, 3.8) is 0 Å². The molecule has 3 aromatic heterocycles. The Labute approximate surface area is 183 Å². The molecule has 10 nitrogen and oxygen atoms in total. The molecule has 0 spiro atoms. The molecule has 162 valence electrons. The van der Waals surface area contributed by atoms with Crippen molar-refractivity contribution >= 4 is 46.0 Å². The van der Waals surface area contributed by atoms with Crippen LogP contribution in [0.3, 0.4) is 0 Å². The first kappa shape index (κ1) is 19.7. The van der Waals surface area contributed by atoms with Crippen molar-refractivity contribution in [1.29, 1.82) is 0 Å². The van der Waals surface area contributed by atoms with Crippen LogP contribution < -0.4 is 15.0 Å². The number of carbonyl (C=O) groups excluding carboxylic acids is 1. The summed E-state index contributed by atoms with van der Waals surface area (Å²) in [6, 6.07) is 0. The first-order valence-corrected chi connectivity index (χ1v) is 10.4. The summed E-state index contributed by atoms with van der Waals surface area (Å²) in [5.41, 5.74) is 1.32. The lowest BCUT2D eigenvalue weighted by Crippen LogP contribution is -2.32. The number of rotatable bonds is 5. The monoisotopic (exact) mass is 442 g/mol. The third-order valence-corrected chi connectivity index (χ3v) is 6.27. The van der Waals surface area contributed by atoms with Crippen LogP contribution >= 0.6 is 11.6 Å². The standard InChI is InChI=1S/C20H23ClN8O2/c1-4-15(30)28-6-11-8-29(9-12(11)7-28)18-16-13(21)5-22-17(16)24-20(25-18)23-14-10-27(2)26-19(14)31-3/h4-5,10-12H,1,6-9H2,2-3H3,(H2,22,23,24,25). The molecule has 2 aliphatic rings. The summed E-state index contributed by atoms with van der Waals surface area (Å²) >= 11 is 6.47. The number of amides is 1. The van der Waals surface area contributed by atoms with Gasteiger partial charge in [-0.05, 0) is 6.08 Å². The van der Waals surface area contributed by atoms with Gasteiger partial charge < -0.3 is 24.8 Å². The van der Waals surface area contributed by atoms with Crippen LogP contribution in [0.4, 0.5) is 17.5 Å². The topological polar surface area (TPSA) is 104 Å². The second-order valence-electron chi connectivity index (χ2n) is 7.95. The maximum absolute atomic E-state index is 12.0. The minimum Gasteiger partial charge on any atom is -0.478 e. The zero-order valence-electron chi connectivity index (χ0n) is 17.3. The fourth-order valence-corrected chi connectivity index (χ4v) is 4.79. The Hall–Kier alpha value is -3.27. The van der Waals surface area contributed by atoms with Crippen LogP contribution in [0.15, 0.2) is 25.0 Å². The fraction of sp³-hybridized carbons (Fsp3) is 0.400. The highest BCUT2D eigenvalue weighted by atomic mass is 35.5. The van der Waals surface area contributed by atoms with Gasteiger partial charge in [0.1, 0.15) is 17.2 Å². The predicted molar refractivity (Wildman–Crippen MR) is 118 cm³/mol. The van der Waals surface area contributed by atoms with E-state index in [9.17, 15) is 4.79 Å². The van der Waals surface area contributed by atoms with Crippen molar-refractivity contribution in [2.24, 2.45) is 18.9 Å². The molecule has 0 bridgehead atoms. The van der Waals surface area contributed by atoms with Gasteiger partial charge in [0.2, 0.25) is 11.9 Å². The lowest BCUT2D eigenvalue weighted by Gasteiger charge is -2.23. The molecule has 0 saturated carbocycles. The Morgan fingerprint density at radius 3 is 2.74 bits per heavy atom. The minimum atomic E-state index is -0.00374. The molecule has 2 aliphatic heterocycles. The molecule has 0 aliphatic carbocycles. The normalized spacial score (nSPS) is 20.4. The number of fused-ring (bicyclic) bond motifs is 2. The van der Waals surface area contributed by atoms with Crippen LogP contribution in [0.25, 0.3) is 11.0 Å². The Bertz CT molecular complexity index is 1160. The van der Waals surface area contributed by atoms with E-state index in [0.717, 1.165) is 37.4 Å². The van der Waals surface area contributed by atoms with Gasteiger partial charge in [-0.25, -0.2) is 0 Å². The van der Waals surface area contributed by atoms with Gasteiger partial charge in [-0.1, -0.05) is 18.2 Å². The summed E-state index contributed by atoms with van der Waals surface area (Å²) in [6.07, 6.45) is 4.91. The molecule has 1 amide bonds. The molecule has 0 radical (unpaired) electrons. The van der Waals surface area contributed by atoms with E-state index in [1.807, 2.05) is 11.9 Å². The highest BCUT2D eigenvalue weighted by molar-refractivity contribution is 6.36.